The number of carbonyl (C=O) groups is 1. The molecule has 0 aliphatic heterocycles. The van der Waals surface area contributed by atoms with E-state index in [1.807, 2.05) is 0 Å². The number of alkyl halides is 1. The van der Waals surface area contributed by atoms with E-state index in [0.29, 0.717) is 18.0 Å². The molecule has 0 aromatic carbocycles. The lowest BCUT2D eigenvalue weighted by Gasteiger charge is -1.95. The van der Waals surface area contributed by atoms with Gasteiger partial charge in [-0.2, -0.15) is 0 Å². The van der Waals surface area contributed by atoms with Crippen LogP contribution in [-0.2, 0) is 6.42 Å². The van der Waals surface area contributed by atoms with Crippen molar-refractivity contribution in [3.05, 3.63) is 23.8 Å². The van der Waals surface area contributed by atoms with E-state index in [9.17, 15) is 4.79 Å². The third-order valence-corrected chi connectivity index (χ3v) is 1.46. The van der Waals surface area contributed by atoms with E-state index in [1.54, 1.807) is 0 Å². The fourth-order valence-corrected chi connectivity index (χ4v) is 0.885. The zero-order valence-corrected chi connectivity index (χ0v) is 6.95. The molecule has 0 amide bonds. The lowest BCUT2D eigenvalue weighted by atomic mass is 10.3. The molecule has 0 radical (unpaired) electrons. The third kappa shape index (κ3) is 2.17. The van der Waals surface area contributed by atoms with Gasteiger partial charge in [0.05, 0.1) is 11.9 Å². The number of carboxylic acid groups (broad SMARTS) is 1. The van der Waals surface area contributed by atoms with Crippen molar-refractivity contribution >= 4 is 17.6 Å². The molecule has 1 N–H and O–H groups in total. The number of aromatic nitrogens is 2. The van der Waals surface area contributed by atoms with E-state index in [0.717, 1.165) is 0 Å². The van der Waals surface area contributed by atoms with Crippen molar-refractivity contribution in [1.82, 2.24) is 9.97 Å². The van der Waals surface area contributed by atoms with Crippen LogP contribution < -0.4 is 0 Å². The predicted octanol–water partition coefficient (Wildman–Crippen LogP) is 0.956. The maximum Gasteiger partial charge on any atom is 0.356 e. The largest absolute Gasteiger partial charge is 0.476 e. The summed E-state index contributed by atoms with van der Waals surface area (Å²) in [6, 6.07) is 0. The zero-order chi connectivity index (χ0) is 8.97. The van der Waals surface area contributed by atoms with Crippen molar-refractivity contribution in [1.29, 1.82) is 0 Å². The number of carboxylic acids is 1. The number of nitrogens with zero attached hydrogens (tertiary/aromatic N) is 2. The maximum absolute atomic E-state index is 10.3. The molecule has 0 aliphatic rings. The van der Waals surface area contributed by atoms with Gasteiger partial charge < -0.3 is 5.11 Å². The first-order valence-electron chi connectivity index (χ1n) is 3.34. The van der Waals surface area contributed by atoms with Gasteiger partial charge in [-0.05, 0) is 0 Å². The molecule has 0 unspecified atom stereocenters. The number of aryl methyl sites for hydroxylation is 1. The summed E-state index contributed by atoms with van der Waals surface area (Å²) in [5.74, 6) is -0.610. The summed E-state index contributed by atoms with van der Waals surface area (Å²) in [7, 11) is 0. The Morgan fingerprint density at radius 3 is 2.67 bits per heavy atom. The second-order valence-electron chi connectivity index (χ2n) is 2.14. The smallest absolute Gasteiger partial charge is 0.356 e. The summed E-state index contributed by atoms with van der Waals surface area (Å²) in [4.78, 5) is 17.9. The lowest BCUT2D eigenvalue weighted by molar-refractivity contribution is 0.0690. The topological polar surface area (TPSA) is 63.1 Å². The molecule has 0 saturated carbocycles. The molecule has 1 rings (SSSR count). The highest BCUT2D eigenvalue weighted by molar-refractivity contribution is 6.17. The van der Waals surface area contributed by atoms with Gasteiger partial charge in [0.1, 0.15) is 0 Å². The second kappa shape index (κ2) is 4.01. The third-order valence-electron chi connectivity index (χ3n) is 1.28. The number of hydrogen-bond donors (Lipinski definition) is 1. The molecule has 0 aliphatic carbocycles. The van der Waals surface area contributed by atoms with Crippen LogP contribution in [0.5, 0.6) is 0 Å². The number of halogens is 1. The highest BCUT2D eigenvalue weighted by Gasteiger charge is 2.03. The van der Waals surface area contributed by atoms with E-state index in [4.69, 9.17) is 16.7 Å². The minimum absolute atomic E-state index is 0.0478. The molecule has 12 heavy (non-hydrogen) atoms. The quantitative estimate of drug-likeness (QED) is 0.715. The summed E-state index contributed by atoms with van der Waals surface area (Å²) in [5, 5.41) is 8.48. The fourth-order valence-electron chi connectivity index (χ4n) is 0.691. The van der Waals surface area contributed by atoms with Gasteiger partial charge in [-0.3, -0.25) is 4.98 Å². The summed E-state index contributed by atoms with van der Waals surface area (Å²) in [6.07, 6.45) is 3.25. The van der Waals surface area contributed by atoms with Gasteiger partial charge in [-0.25, -0.2) is 9.78 Å². The van der Waals surface area contributed by atoms with Crippen molar-refractivity contribution in [2.45, 2.75) is 6.42 Å². The Bertz CT molecular complexity index is 273. The lowest BCUT2D eigenvalue weighted by Crippen LogP contribution is -2.02. The molecule has 1 heterocycles. The van der Waals surface area contributed by atoms with E-state index in [-0.39, 0.29) is 5.69 Å². The maximum atomic E-state index is 10.3. The van der Waals surface area contributed by atoms with Gasteiger partial charge in [-0.1, -0.05) is 0 Å². The van der Waals surface area contributed by atoms with Crippen LogP contribution in [0, 0.1) is 0 Å². The average molecular weight is 187 g/mol. The Kier molecular flexibility index (Phi) is 2.99. The molecular weight excluding hydrogens is 180 g/mol. The van der Waals surface area contributed by atoms with Crippen molar-refractivity contribution in [3.8, 4) is 0 Å². The van der Waals surface area contributed by atoms with Crippen LogP contribution >= 0.6 is 11.6 Å². The minimum atomic E-state index is -1.07. The molecule has 0 bridgehead atoms. The van der Waals surface area contributed by atoms with Crippen LogP contribution in [-0.4, -0.2) is 26.9 Å². The summed E-state index contributed by atoms with van der Waals surface area (Å²) in [6.45, 7) is 0. The highest BCUT2D eigenvalue weighted by atomic mass is 35.5. The van der Waals surface area contributed by atoms with Crippen LogP contribution in [0.3, 0.4) is 0 Å². The first kappa shape index (κ1) is 8.93. The van der Waals surface area contributed by atoms with E-state index in [1.165, 1.54) is 12.4 Å². The molecule has 5 heteroatoms. The van der Waals surface area contributed by atoms with Crippen LogP contribution in [0.25, 0.3) is 0 Å². The summed E-state index contributed by atoms with van der Waals surface area (Å²) in [5.41, 5.74) is 0.656. The Morgan fingerprint density at radius 1 is 1.50 bits per heavy atom. The van der Waals surface area contributed by atoms with Crippen LogP contribution in [0.1, 0.15) is 16.2 Å². The summed E-state index contributed by atoms with van der Waals surface area (Å²) >= 11 is 5.45. The Hall–Kier alpha value is -1.16. The molecule has 0 atom stereocenters. The van der Waals surface area contributed by atoms with Crippen molar-refractivity contribution < 1.29 is 9.90 Å². The Balaban J connectivity index is 2.78. The predicted molar refractivity (Wildman–Crippen MR) is 43.4 cm³/mol. The molecule has 0 fully saturated rings. The standard InChI is InChI=1S/C7H7ClN2O2/c8-2-1-5-3-10-6(4-9-5)7(11)12/h3-4H,1-2H2,(H,11,12). The van der Waals surface area contributed by atoms with E-state index < -0.39 is 5.97 Å². The van der Waals surface area contributed by atoms with Gasteiger partial charge >= 0.3 is 5.97 Å². The van der Waals surface area contributed by atoms with Crippen LogP contribution in [0.4, 0.5) is 0 Å². The second-order valence-corrected chi connectivity index (χ2v) is 2.52. The monoisotopic (exact) mass is 186 g/mol. The molecule has 1 aromatic heterocycles. The van der Waals surface area contributed by atoms with Crippen molar-refractivity contribution in [3.63, 3.8) is 0 Å². The Labute approximate surface area is 74.2 Å². The molecular formula is C7H7ClN2O2. The normalized spacial score (nSPS) is 9.75. The molecule has 4 nitrogen and oxygen atoms in total. The van der Waals surface area contributed by atoms with Gasteiger partial charge in [-0.15, -0.1) is 11.6 Å². The molecule has 64 valence electrons. The summed E-state index contributed by atoms with van der Waals surface area (Å²) < 4.78 is 0. The first-order valence-corrected chi connectivity index (χ1v) is 3.87. The first-order chi connectivity index (χ1) is 5.74. The van der Waals surface area contributed by atoms with Gasteiger partial charge in [0.15, 0.2) is 5.69 Å². The van der Waals surface area contributed by atoms with Gasteiger partial charge in [0.2, 0.25) is 0 Å². The van der Waals surface area contributed by atoms with Gasteiger partial charge in [0.25, 0.3) is 0 Å². The van der Waals surface area contributed by atoms with Crippen LogP contribution in [0.2, 0.25) is 0 Å². The number of rotatable bonds is 3. The van der Waals surface area contributed by atoms with Crippen molar-refractivity contribution in [2.75, 3.05) is 5.88 Å². The van der Waals surface area contributed by atoms with Gasteiger partial charge in [0, 0.05) is 18.5 Å². The van der Waals surface area contributed by atoms with Crippen LogP contribution in [0.15, 0.2) is 12.4 Å². The minimum Gasteiger partial charge on any atom is -0.476 e. The molecule has 0 spiro atoms. The molecule has 0 saturated heterocycles. The highest BCUT2D eigenvalue weighted by Crippen LogP contribution is 1.97. The number of hydrogen-bond acceptors (Lipinski definition) is 3. The van der Waals surface area contributed by atoms with E-state index in [2.05, 4.69) is 9.97 Å². The van der Waals surface area contributed by atoms with E-state index >= 15 is 0 Å². The zero-order valence-electron chi connectivity index (χ0n) is 6.20. The Morgan fingerprint density at radius 2 is 2.25 bits per heavy atom. The SMILES string of the molecule is O=C(O)c1cnc(CCCl)cn1. The van der Waals surface area contributed by atoms with Crippen molar-refractivity contribution in [2.24, 2.45) is 0 Å². The fraction of sp³-hybridized carbons (Fsp3) is 0.286. The number of aromatic carboxylic acids is 1. The average Bonchev–Trinajstić information content (AvgIpc) is 2.06. The molecule has 1 aromatic rings.